The number of rotatable bonds is 3. The zero-order chi connectivity index (χ0) is 18.0. The Morgan fingerprint density at radius 1 is 1.00 bits per heavy atom. The van der Waals surface area contributed by atoms with Gasteiger partial charge in [0, 0.05) is 31.9 Å². The van der Waals surface area contributed by atoms with Crippen molar-refractivity contribution in [3.63, 3.8) is 0 Å². The van der Waals surface area contributed by atoms with Gasteiger partial charge in [0.05, 0.1) is 0 Å². The monoisotopic (exact) mass is 339 g/mol. The number of hydrogen-bond donors (Lipinski definition) is 1. The number of aromatic nitrogens is 2. The molecule has 25 heavy (non-hydrogen) atoms. The Morgan fingerprint density at radius 3 is 2.20 bits per heavy atom. The summed E-state index contributed by atoms with van der Waals surface area (Å²) < 4.78 is 0. The van der Waals surface area contributed by atoms with E-state index in [-0.39, 0.29) is 5.91 Å². The highest BCUT2D eigenvalue weighted by Gasteiger charge is 2.21. The van der Waals surface area contributed by atoms with Crippen LogP contribution < -0.4 is 5.32 Å². The van der Waals surface area contributed by atoms with E-state index in [2.05, 4.69) is 60.4 Å². The van der Waals surface area contributed by atoms with Crippen molar-refractivity contribution in [1.29, 1.82) is 0 Å². The largest absolute Gasteiger partial charge is 0.338 e. The van der Waals surface area contributed by atoms with E-state index >= 15 is 0 Å². The molecule has 0 bridgehead atoms. The van der Waals surface area contributed by atoms with Gasteiger partial charge in [0.2, 0.25) is 0 Å². The van der Waals surface area contributed by atoms with E-state index in [1.54, 1.807) is 6.07 Å². The van der Waals surface area contributed by atoms with Gasteiger partial charge < -0.3 is 15.1 Å². The van der Waals surface area contributed by atoms with E-state index in [4.69, 9.17) is 0 Å². The first-order valence-corrected chi connectivity index (χ1v) is 8.60. The first kappa shape index (κ1) is 17.4. The zero-order valence-corrected chi connectivity index (χ0v) is 15.3. The van der Waals surface area contributed by atoms with E-state index in [0.29, 0.717) is 11.5 Å². The molecular weight excluding hydrogens is 314 g/mol. The number of aryl methyl sites for hydroxylation is 3. The van der Waals surface area contributed by atoms with Crippen LogP contribution in [0.5, 0.6) is 0 Å². The molecule has 1 N–H and O–H groups in total. The standard InChI is InChI=1S/C19H25N5O/c1-13-11-14(2)18(15(3)12-13)20-17-6-5-16(21-22-17)19(25)24-9-7-23(4)8-10-24/h5-6,11-12H,7-10H2,1-4H3,(H,20,22). The van der Waals surface area contributed by atoms with Crippen molar-refractivity contribution in [2.24, 2.45) is 0 Å². The molecule has 0 saturated carbocycles. The van der Waals surface area contributed by atoms with Crippen molar-refractivity contribution in [2.45, 2.75) is 20.8 Å². The molecule has 1 amide bonds. The maximum atomic E-state index is 12.5. The van der Waals surface area contributed by atoms with Crippen LogP contribution in [0.15, 0.2) is 24.3 Å². The average Bonchev–Trinajstić information content (AvgIpc) is 2.59. The number of nitrogens with zero attached hydrogens (tertiary/aromatic N) is 4. The van der Waals surface area contributed by atoms with Gasteiger partial charge in [0.1, 0.15) is 0 Å². The fourth-order valence-electron chi connectivity index (χ4n) is 3.19. The Bertz CT molecular complexity index is 741. The minimum Gasteiger partial charge on any atom is -0.338 e. The molecule has 1 aromatic heterocycles. The van der Waals surface area contributed by atoms with Crippen LogP contribution in [0.25, 0.3) is 0 Å². The second-order valence-electron chi connectivity index (χ2n) is 6.80. The molecule has 132 valence electrons. The highest BCUT2D eigenvalue weighted by molar-refractivity contribution is 5.92. The van der Waals surface area contributed by atoms with E-state index in [0.717, 1.165) is 43.0 Å². The fourth-order valence-corrected chi connectivity index (χ4v) is 3.19. The smallest absolute Gasteiger partial charge is 0.274 e. The summed E-state index contributed by atoms with van der Waals surface area (Å²) in [5.41, 5.74) is 5.00. The lowest BCUT2D eigenvalue weighted by Gasteiger charge is -2.32. The summed E-state index contributed by atoms with van der Waals surface area (Å²) in [7, 11) is 2.07. The summed E-state index contributed by atoms with van der Waals surface area (Å²) in [5, 5.41) is 11.6. The fraction of sp³-hybridized carbons (Fsp3) is 0.421. The van der Waals surface area contributed by atoms with Crippen LogP contribution in [0, 0.1) is 20.8 Å². The number of nitrogens with one attached hydrogen (secondary N) is 1. The topological polar surface area (TPSA) is 61.4 Å². The molecule has 0 atom stereocenters. The van der Waals surface area contributed by atoms with Crippen LogP contribution in [0.1, 0.15) is 27.2 Å². The minimum absolute atomic E-state index is 0.0464. The second-order valence-corrected chi connectivity index (χ2v) is 6.80. The lowest BCUT2D eigenvalue weighted by atomic mass is 10.1. The number of likely N-dealkylation sites (N-methyl/N-ethyl adjacent to an activating group) is 1. The molecule has 1 aliphatic heterocycles. The van der Waals surface area contributed by atoms with Gasteiger partial charge in [-0.15, -0.1) is 10.2 Å². The molecule has 3 rings (SSSR count). The summed E-state index contributed by atoms with van der Waals surface area (Å²) in [5.74, 6) is 0.597. The Kier molecular flexibility index (Phi) is 4.99. The molecule has 6 heteroatoms. The van der Waals surface area contributed by atoms with Crippen LogP contribution in [0.3, 0.4) is 0 Å². The Morgan fingerprint density at radius 2 is 1.64 bits per heavy atom. The van der Waals surface area contributed by atoms with Gasteiger partial charge in [-0.05, 0) is 51.1 Å². The van der Waals surface area contributed by atoms with Gasteiger partial charge in [-0.25, -0.2) is 0 Å². The first-order chi connectivity index (χ1) is 11.9. The highest BCUT2D eigenvalue weighted by atomic mass is 16.2. The third-order valence-electron chi connectivity index (χ3n) is 4.60. The zero-order valence-electron chi connectivity index (χ0n) is 15.3. The number of benzene rings is 1. The molecule has 0 spiro atoms. The van der Waals surface area contributed by atoms with Gasteiger partial charge in [0.25, 0.3) is 5.91 Å². The van der Waals surface area contributed by atoms with E-state index < -0.39 is 0 Å². The average molecular weight is 339 g/mol. The van der Waals surface area contributed by atoms with Crippen molar-refractivity contribution in [2.75, 3.05) is 38.5 Å². The number of carbonyl (C=O) groups is 1. The van der Waals surface area contributed by atoms with E-state index in [1.165, 1.54) is 5.56 Å². The first-order valence-electron chi connectivity index (χ1n) is 8.60. The molecule has 0 unspecified atom stereocenters. The van der Waals surface area contributed by atoms with Gasteiger partial charge in [0.15, 0.2) is 11.5 Å². The highest BCUT2D eigenvalue weighted by Crippen LogP contribution is 2.24. The molecule has 2 heterocycles. The van der Waals surface area contributed by atoms with Crippen molar-refractivity contribution in [3.8, 4) is 0 Å². The van der Waals surface area contributed by atoms with Crippen molar-refractivity contribution >= 4 is 17.4 Å². The number of piperazine rings is 1. The lowest BCUT2D eigenvalue weighted by molar-refractivity contribution is 0.0657. The second kappa shape index (κ2) is 7.19. The van der Waals surface area contributed by atoms with Crippen LogP contribution in [0.2, 0.25) is 0 Å². The molecule has 0 aliphatic carbocycles. The quantitative estimate of drug-likeness (QED) is 0.931. The van der Waals surface area contributed by atoms with Crippen LogP contribution in [-0.4, -0.2) is 59.1 Å². The Labute approximate surface area is 148 Å². The summed E-state index contributed by atoms with van der Waals surface area (Å²) in [6.45, 7) is 9.48. The molecular formula is C19H25N5O. The number of anilines is 2. The summed E-state index contributed by atoms with van der Waals surface area (Å²) in [6, 6.07) is 7.83. The Balaban J connectivity index is 1.71. The van der Waals surface area contributed by atoms with E-state index in [9.17, 15) is 4.79 Å². The van der Waals surface area contributed by atoms with Crippen molar-refractivity contribution in [3.05, 3.63) is 46.6 Å². The molecule has 1 saturated heterocycles. The van der Waals surface area contributed by atoms with E-state index in [1.807, 2.05) is 11.0 Å². The number of amides is 1. The molecule has 0 radical (unpaired) electrons. The predicted molar refractivity (Wildman–Crippen MR) is 99.4 cm³/mol. The molecule has 2 aromatic rings. The van der Waals surface area contributed by atoms with Gasteiger partial charge >= 0.3 is 0 Å². The minimum atomic E-state index is -0.0464. The van der Waals surface area contributed by atoms with Gasteiger partial charge in [-0.3, -0.25) is 4.79 Å². The third kappa shape index (κ3) is 3.96. The predicted octanol–water partition coefficient (Wildman–Crippen LogP) is 2.53. The molecule has 1 aliphatic rings. The van der Waals surface area contributed by atoms with Gasteiger partial charge in [-0.1, -0.05) is 17.7 Å². The normalized spacial score (nSPS) is 15.3. The van der Waals surface area contributed by atoms with Crippen molar-refractivity contribution < 1.29 is 4.79 Å². The van der Waals surface area contributed by atoms with Crippen LogP contribution in [0.4, 0.5) is 11.5 Å². The maximum Gasteiger partial charge on any atom is 0.274 e. The molecule has 1 aromatic carbocycles. The summed E-state index contributed by atoms with van der Waals surface area (Å²) in [6.07, 6.45) is 0. The van der Waals surface area contributed by atoms with Crippen LogP contribution >= 0.6 is 0 Å². The SMILES string of the molecule is Cc1cc(C)c(Nc2ccc(C(=O)N3CCN(C)CC3)nn2)c(C)c1. The summed E-state index contributed by atoms with van der Waals surface area (Å²) in [4.78, 5) is 16.6. The third-order valence-corrected chi connectivity index (χ3v) is 4.60. The van der Waals surface area contributed by atoms with Crippen LogP contribution in [-0.2, 0) is 0 Å². The maximum absolute atomic E-state index is 12.5. The summed E-state index contributed by atoms with van der Waals surface area (Å²) >= 11 is 0. The molecule has 1 fully saturated rings. The molecule has 6 nitrogen and oxygen atoms in total. The Hall–Kier alpha value is -2.47. The van der Waals surface area contributed by atoms with Crippen molar-refractivity contribution in [1.82, 2.24) is 20.0 Å². The van der Waals surface area contributed by atoms with Gasteiger partial charge in [-0.2, -0.15) is 0 Å². The number of carbonyl (C=O) groups excluding carboxylic acids is 1. The lowest BCUT2D eigenvalue weighted by Crippen LogP contribution is -2.47. The number of hydrogen-bond acceptors (Lipinski definition) is 5.